The first-order valence-electron chi connectivity index (χ1n) is 7.26. The molecule has 1 N–H and O–H groups in total. The van der Waals surface area contributed by atoms with Crippen LogP contribution >= 0.6 is 0 Å². The first-order chi connectivity index (χ1) is 7.57. The molecule has 0 aromatic heterocycles. The van der Waals surface area contributed by atoms with Gasteiger partial charge < -0.3 is 5.11 Å². The summed E-state index contributed by atoms with van der Waals surface area (Å²) >= 11 is 0. The van der Waals surface area contributed by atoms with Gasteiger partial charge in [-0.3, -0.25) is 0 Å². The number of unbranched alkanes of at least 4 members (excludes halogenated alkanes) is 3. The predicted molar refractivity (Wildman–Crippen MR) is 72.6 cm³/mol. The smallest absolute Gasteiger partial charge is 0.0537 e. The van der Waals surface area contributed by atoms with Gasteiger partial charge in [0.25, 0.3) is 0 Å². The summed E-state index contributed by atoms with van der Waals surface area (Å²) in [6.07, 6.45) is 10.6. The number of rotatable bonds is 10. The minimum absolute atomic E-state index is 0.139. The van der Waals surface area contributed by atoms with Crippen molar-refractivity contribution in [3.05, 3.63) is 0 Å². The first-order valence-corrected chi connectivity index (χ1v) is 7.26. The largest absolute Gasteiger partial charge is 0.393 e. The fraction of sp³-hybridized carbons (Fsp3) is 1.00. The van der Waals surface area contributed by atoms with Gasteiger partial charge in [-0.1, -0.05) is 65.7 Å². The lowest BCUT2D eigenvalue weighted by Crippen LogP contribution is -2.13. The van der Waals surface area contributed by atoms with Crippen LogP contribution in [0.15, 0.2) is 0 Å². The third kappa shape index (κ3) is 9.21. The molecule has 1 nitrogen and oxygen atoms in total. The Morgan fingerprint density at radius 1 is 0.812 bits per heavy atom. The van der Waals surface area contributed by atoms with Crippen LogP contribution in [0.4, 0.5) is 0 Å². The van der Waals surface area contributed by atoms with E-state index in [4.69, 9.17) is 0 Å². The Kier molecular flexibility index (Phi) is 10.1. The van der Waals surface area contributed by atoms with E-state index in [-0.39, 0.29) is 6.10 Å². The SMILES string of the molecule is CCCCCC[C@@H](C)CCC[C@@H](C)[C@@H](C)O. The molecule has 0 amide bonds. The zero-order valence-electron chi connectivity index (χ0n) is 11.8. The van der Waals surface area contributed by atoms with E-state index in [0.717, 1.165) is 5.92 Å². The molecule has 0 saturated heterocycles. The van der Waals surface area contributed by atoms with Gasteiger partial charge in [-0.05, 0) is 25.2 Å². The van der Waals surface area contributed by atoms with Crippen molar-refractivity contribution >= 4 is 0 Å². The van der Waals surface area contributed by atoms with Crippen LogP contribution in [0.2, 0.25) is 0 Å². The van der Waals surface area contributed by atoms with Gasteiger partial charge in [-0.15, -0.1) is 0 Å². The standard InChI is InChI=1S/C15H32O/c1-5-6-7-8-10-13(2)11-9-12-14(3)15(4)16/h13-16H,5-12H2,1-4H3/t13-,14-,15-/m1/s1. The van der Waals surface area contributed by atoms with Crippen LogP contribution in [-0.2, 0) is 0 Å². The zero-order chi connectivity index (χ0) is 12.4. The van der Waals surface area contributed by atoms with E-state index in [1.54, 1.807) is 0 Å². The van der Waals surface area contributed by atoms with Gasteiger partial charge in [0.15, 0.2) is 0 Å². The quantitative estimate of drug-likeness (QED) is 0.533. The number of hydrogen-bond donors (Lipinski definition) is 1. The average molecular weight is 228 g/mol. The molecule has 0 aromatic carbocycles. The third-order valence-corrected chi connectivity index (χ3v) is 3.73. The van der Waals surface area contributed by atoms with Crippen molar-refractivity contribution in [2.75, 3.05) is 0 Å². The fourth-order valence-corrected chi connectivity index (χ4v) is 2.09. The molecule has 0 radical (unpaired) electrons. The molecule has 0 aliphatic heterocycles. The summed E-state index contributed by atoms with van der Waals surface area (Å²) in [6.45, 7) is 8.69. The Bertz CT molecular complexity index is 142. The lowest BCUT2D eigenvalue weighted by Gasteiger charge is -2.16. The van der Waals surface area contributed by atoms with Crippen molar-refractivity contribution in [1.29, 1.82) is 0 Å². The summed E-state index contributed by atoms with van der Waals surface area (Å²) < 4.78 is 0. The summed E-state index contributed by atoms with van der Waals surface area (Å²) in [7, 11) is 0. The highest BCUT2D eigenvalue weighted by molar-refractivity contribution is 4.61. The van der Waals surface area contributed by atoms with Crippen molar-refractivity contribution in [2.45, 2.75) is 85.2 Å². The van der Waals surface area contributed by atoms with Crippen LogP contribution in [0.3, 0.4) is 0 Å². The lowest BCUT2D eigenvalue weighted by molar-refractivity contribution is 0.127. The van der Waals surface area contributed by atoms with Crippen molar-refractivity contribution in [1.82, 2.24) is 0 Å². The van der Waals surface area contributed by atoms with E-state index >= 15 is 0 Å². The van der Waals surface area contributed by atoms with Crippen molar-refractivity contribution in [3.63, 3.8) is 0 Å². The van der Waals surface area contributed by atoms with Gasteiger partial charge in [-0.25, -0.2) is 0 Å². The molecule has 0 bridgehead atoms. The van der Waals surface area contributed by atoms with E-state index in [9.17, 15) is 5.11 Å². The third-order valence-electron chi connectivity index (χ3n) is 3.73. The van der Waals surface area contributed by atoms with Gasteiger partial charge in [0.2, 0.25) is 0 Å². The fourth-order valence-electron chi connectivity index (χ4n) is 2.09. The molecule has 16 heavy (non-hydrogen) atoms. The Labute approximate surface area is 103 Å². The molecule has 0 aliphatic carbocycles. The lowest BCUT2D eigenvalue weighted by atomic mass is 9.93. The maximum atomic E-state index is 9.39. The second-order valence-electron chi connectivity index (χ2n) is 5.60. The van der Waals surface area contributed by atoms with Crippen LogP contribution in [0.5, 0.6) is 0 Å². The molecule has 0 spiro atoms. The topological polar surface area (TPSA) is 20.2 Å². The molecule has 3 atom stereocenters. The summed E-state index contributed by atoms with van der Waals surface area (Å²) in [5.41, 5.74) is 0. The Balaban J connectivity index is 3.33. The monoisotopic (exact) mass is 228 g/mol. The van der Waals surface area contributed by atoms with Crippen LogP contribution in [0, 0.1) is 11.8 Å². The molecular weight excluding hydrogens is 196 g/mol. The molecule has 0 rings (SSSR count). The summed E-state index contributed by atoms with van der Waals surface area (Å²) in [5.74, 6) is 1.34. The first kappa shape index (κ1) is 16.0. The second-order valence-corrected chi connectivity index (χ2v) is 5.60. The number of hydrogen-bond acceptors (Lipinski definition) is 1. The van der Waals surface area contributed by atoms with Crippen LogP contribution in [0.1, 0.15) is 79.1 Å². The number of aliphatic hydroxyl groups is 1. The predicted octanol–water partition coefficient (Wildman–Crippen LogP) is 4.78. The van der Waals surface area contributed by atoms with Crippen LogP contribution in [0.25, 0.3) is 0 Å². The molecule has 0 fully saturated rings. The minimum atomic E-state index is -0.139. The molecule has 98 valence electrons. The van der Waals surface area contributed by atoms with Crippen molar-refractivity contribution < 1.29 is 5.11 Å². The van der Waals surface area contributed by atoms with Gasteiger partial charge in [0.1, 0.15) is 0 Å². The van der Waals surface area contributed by atoms with Gasteiger partial charge in [0.05, 0.1) is 6.10 Å². The molecule has 1 heteroatoms. The second kappa shape index (κ2) is 10.1. The Morgan fingerprint density at radius 2 is 1.44 bits per heavy atom. The highest BCUT2D eigenvalue weighted by Gasteiger charge is 2.09. The molecular formula is C15H32O. The maximum absolute atomic E-state index is 9.39. The van der Waals surface area contributed by atoms with Gasteiger partial charge >= 0.3 is 0 Å². The van der Waals surface area contributed by atoms with Crippen molar-refractivity contribution in [2.24, 2.45) is 11.8 Å². The summed E-state index contributed by atoms with van der Waals surface area (Å²) in [6, 6.07) is 0. The van der Waals surface area contributed by atoms with Crippen molar-refractivity contribution in [3.8, 4) is 0 Å². The van der Waals surface area contributed by atoms with Crippen LogP contribution in [-0.4, -0.2) is 11.2 Å². The highest BCUT2D eigenvalue weighted by Crippen LogP contribution is 2.19. The molecule has 0 heterocycles. The molecule has 0 aromatic rings. The maximum Gasteiger partial charge on any atom is 0.0537 e. The van der Waals surface area contributed by atoms with E-state index in [1.807, 2.05) is 6.92 Å². The summed E-state index contributed by atoms with van der Waals surface area (Å²) in [5, 5.41) is 9.39. The van der Waals surface area contributed by atoms with Gasteiger partial charge in [-0.2, -0.15) is 0 Å². The highest BCUT2D eigenvalue weighted by atomic mass is 16.3. The Hall–Kier alpha value is -0.0400. The minimum Gasteiger partial charge on any atom is -0.393 e. The summed E-state index contributed by atoms with van der Waals surface area (Å²) in [4.78, 5) is 0. The molecule has 0 aliphatic rings. The average Bonchev–Trinajstić information content (AvgIpc) is 2.24. The zero-order valence-corrected chi connectivity index (χ0v) is 11.8. The number of aliphatic hydroxyl groups excluding tert-OH is 1. The molecule has 0 unspecified atom stereocenters. The van der Waals surface area contributed by atoms with Crippen LogP contribution < -0.4 is 0 Å². The van der Waals surface area contributed by atoms with E-state index in [2.05, 4.69) is 20.8 Å². The van der Waals surface area contributed by atoms with E-state index in [1.165, 1.54) is 51.4 Å². The van der Waals surface area contributed by atoms with Gasteiger partial charge in [0, 0.05) is 0 Å². The van der Waals surface area contributed by atoms with E-state index < -0.39 is 0 Å². The molecule has 0 saturated carbocycles. The normalized spacial score (nSPS) is 17.1. The van der Waals surface area contributed by atoms with E-state index in [0.29, 0.717) is 5.92 Å². The Morgan fingerprint density at radius 3 is 2.00 bits per heavy atom.